The van der Waals surface area contributed by atoms with E-state index in [2.05, 4.69) is 91.0 Å². The Morgan fingerprint density at radius 3 is 1.04 bits per heavy atom. The van der Waals surface area contributed by atoms with Crippen molar-refractivity contribution in [3.05, 3.63) is 108 Å². The third-order valence-corrected chi connectivity index (χ3v) is 5.12. The molecule has 0 amide bonds. The highest BCUT2D eigenvalue weighted by Crippen LogP contribution is 2.33. The van der Waals surface area contributed by atoms with Gasteiger partial charge >= 0.3 is 0 Å². The van der Waals surface area contributed by atoms with Gasteiger partial charge in [-0.3, -0.25) is 0 Å². The summed E-state index contributed by atoms with van der Waals surface area (Å²) in [6.07, 6.45) is 2.96. The first-order valence-electron chi connectivity index (χ1n) is 8.47. The van der Waals surface area contributed by atoms with Crippen LogP contribution in [0.4, 0.5) is 0 Å². The van der Waals surface area contributed by atoms with Gasteiger partial charge in [0.15, 0.2) is 0 Å². The minimum atomic E-state index is 0.0195. The first-order valence-corrected chi connectivity index (χ1v) is 9.01. The van der Waals surface area contributed by atoms with E-state index in [0.29, 0.717) is 5.88 Å². The molecule has 3 aromatic carbocycles. The van der Waals surface area contributed by atoms with Crippen molar-refractivity contribution >= 4 is 11.6 Å². The van der Waals surface area contributed by atoms with Crippen molar-refractivity contribution in [1.82, 2.24) is 0 Å². The Morgan fingerprint density at radius 2 is 0.792 bits per heavy atom. The minimum Gasteiger partial charge on any atom is -0.126 e. The van der Waals surface area contributed by atoms with Crippen LogP contribution in [0.25, 0.3) is 0 Å². The van der Waals surface area contributed by atoms with Crippen molar-refractivity contribution in [2.24, 2.45) is 5.41 Å². The Kier molecular flexibility index (Phi) is 5.72. The monoisotopic (exact) mass is 334 g/mol. The molecule has 0 atom stereocenters. The smallest absolute Gasteiger partial charge is 0.0289 e. The van der Waals surface area contributed by atoms with Crippen LogP contribution in [0.1, 0.15) is 16.7 Å². The van der Waals surface area contributed by atoms with Crippen LogP contribution in [0.3, 0.4) is 0 Å². The summed E-state index contributed by atoms with van der Waals surface area (Å²) in [4.78, 5) is 0. The van der Waals surface area contributed by atoms with Gasteiger partial charge in [0.25, 0.3) is 0 Å². The number of benzene rings is 3. The molecule has 0 unspecified atom stereocenters. The first kappa shape index (κ1) is 16.8. The molecule has 0 N–H and O–H groups in total. The van der Waals surface area contributed by atoms with E-state index in [9.17, 15) is 0 Å². The quantitative estimate of drug-likeness (QED) is 0.469. The standard InChI is InChI=1S/C23H23Cl/c24-19-23(16-20-10-4-1-5-11-20,17-21-12-6-2-7-13-21)18-22-14-8-3-9-15-22/h1-15H,16-19H2. The summed E-state index contributed by atoms with van der Waals surface area (Å²) in [6, 6.07) is 32.1. The first-order chi connectivity index (χ1) is 11.8. The van der Waals surface area contributed by atoms with E-state index >= 15 is 0 Å². The van der Waals surface area contributed by atoms with Gasteiger partial charge in [0.05, 0.1) is 0 Å². The van der Waals surface area contributed by atoms with Crippen LogP contribution in [0.5, 0.6) is 0 Å². The number of alkyl halides is 1. The second-order valence-electron chi connectivity index (χ2n) is 6.62. The zero-order valence-electron chi connectivity index (χ0n) is 13.9. The number of rotatable bonds is 7. The van der Waals surface area contributed by atoms with Crippen molar-refractivity contribution in [3.8, 4) is 0 Å². The maximum absolute atomic E-state index is 6.57. The van der Waals surface area contributed by atoms with Crippen molar-refractivity contribution < 1.29 is 0 Å². The van der Waals surface area contributed by atoms with Gasteiger partial charge in [-0.1, -0.05) is 91.0 Å². The highest BCUT2D eigenvalue weighted by atomic mass is 35.5. The number of halogens is 1. The molecule has 0 radical (unpaired) electrons. The molecule has 0 saturated heterocycles. The summed E-state index contributed by atoms with van der Waals surface area (Å²) < 4.78 is 0. The van der Waals surface area contributed by atoms with E-state index < -0.39 is 0 Å². The van der Waals surface area contributed by atoms with Gasteiger partial charge < -0.3 is 0 Å². The van der Waals surface area contributed by atoms with Crippen molar-refractivity contribution in [2.75, 3.05) is 5.88 Å². The minimum absolute atomic E-state index is 0.0195. The van der Waals surface area contributed by atoms with Crippen LogP contribution in [0, 0.1) is 5.41 Å². The average Bonchev–Trinajstić information content (AvgIpc) is 2.64. The molecule has 3 rings (SSSR count). The molecular weight excluding hydrogens is 312 g/mol. The van der Waals surface area contributed by atoms with Gasteiger partial charge in [0.2, 0.25) is 0 Å². The topological polar surface area (TPSA) is 0 Å². The lowest BCUT2D eigenvalue weighted by Gasteiger charge is -2.33. The lowest BCUT2D eigenvalue weighted by Crippen LogP contribution is -2.31. The maximum atomic E-state index is 6.57. The molecule has 0 aromatic heterocycles. The Labute approximate surface area is 150 Å². The average molecular weight is 335 g/mol. The van der Waals surface area contributed by atoms with Gasteiger partial charge in [-0.2, -0.15) is 0 Å². The zero-order chi connectivity index (χ0) is 16.7. The largest absolute Gasteiger partial charge is 0.126 e. The number of hydrogen-bond acceptors (Lipinski definition) is 0. The van der Waals surface area contributed by atoms with Gasteiger partial charge in [0, 0.05) is 5.88 Å². The summed E-state index contributed by atoms with van der Waals surface area (Å²) >= 11 is 6.57. The van der Waals surface area contributed by atoms with Crippen molar-refractivity contribution in [3.63, 3.8) is 0 Å². The Bertz CT molecular complexity index is 618. The van der Waals surface area contributed by atoms with E-state index in [1.807, 2.05) is 0 Å². The fourth-order valence-electron chi connectivity index (χ4n) is 3.42. The summed E-state index contributed by atoms with van der Waals surface area (Å²) in [7, 11) is 0. The van der Waals surface area contributed by atoms with E-state index in [4.69, 9.17) is 11.6 Å². The fourth-order valence-corrected chi connectivity index (χ4v) is 3.70. The molecule has 24 heavy (non-hydrogen) atoms. The molecule has 0 fully saturated rings. The van der Waals surface area contributed by atoms with Gasteiger partial charge in [-0.25, -0.2) is 0 Å². The van der Waals surface area contributed by atoms with E-state index in [1.165, 1.54) is 16.7 Å². The van der Waals surface area contributed by atoms with Crippen LogP contribution in [-0.2, 0) is 19.3 Å². The van der Waals surface area contributed by atoms with Crippen LogP contribution >= 0.6 is 11.6 Å². The van der Waals surface area contributed by atoms with Gasteiger partial charge in [-0.05, 0) is 41.4 Å². The zero-order valence-corrected chi connectivity index (χ0v) is 14.6. The highest BCUT2D eigenvalue weighted by molar-refractivity contribution is 6.18. The second-order valence-corrected chi connectivity index (χ2v) is 6.89. The molecule has 0 aliphatic rings. The van der Waals surface area contributed by atoms with Gasteiger partial charge in [0.1, 0.15) is 0 Å². The lowest BCUT2D eigenvalue weighted by molar-refractivity contribution is 0.322. The Morgan fingerprint density at radius 1 is 0.500 bits per heavy atom. The molecule has 3 aromatic rings. The van der Waals surface area contributed by atoms with E-state index in [1.54, 1.807) is 0 Å². The van der Waals surface area contributed by atoms with Crippen molar-refractivity contribution in [1.29, 1.82) is 0 Å². The van der Waals surface area contributed by atoms with Crippen LogP contribution in [-0.4, -0.2) is 5.88 Å². The Balaban J connectivity index is 1.91. The van der Waals surface area contributed by atoms with Crippen LogP contribution < -0.4 is 0 Å². The Hall–Kier alpha value is -2.05. The third kappa shape index (κ3) is 4.49. The molecule has 0 aliphatic heterocycles. The third-order valence-electron chi connectivity index (χ3n) is 4.55. The van der Waals surface area contributed by atoms with Gasteiger partial charge in [-0.15, -0.1) is 11.6 Å². The SMILES string of the molecule is ClCC(Cc1ccccc1)(Cc1ccccc1)Cc1ccccc1. The number of hydrogen-bond donors (Lipinski definition) is 0. The summed E-state index contributed by atoms with van der Waals surface area (Å²) in [5.41, 5.74) is 4.08. The normalized spacial score (nSPS) is 11.4. The predicted molar refractivity (Wildman–Crippen MR) is 104 cm³/mol. The fraction of sp³-hybridized carbons (Fsp3) is 0.217. The van der Waals surface area contributed by atoms with E-state index in [0.717, 1.165) is 19.3 Å². The van der Waals surface area contributed by atoms with Crippen LogP contribution in [0.15, 0.2) is 91.0 Å². The second kappa shape index (κ2) is 8.17. The van der Waals surface area contributed by atoms with E-state index in [-0.39, 0.29) is 5.41 Å². The molecule has 1 heteroatoms. The molecule has 0 bridgehead atoms. The molecule has 0 spiro atoms. The maximum Gasteiger partial charge on any atom is 0.0289 e. The molecule has 0 aliphatic carbocycles. The lowest BCUT2D eigenvalue weighted by atomic mass is 9.74. The molecule has 122 valence electrons. The molecule has 0 heterocycles. The van der Waals surface area contributed by atoms with Crippen LogP contribution in [0.2, 0.25) is 0 Å². The molecular formula is C23H23Cl. The summed E-state index contributed by atoms with van der Waals surface area (Å²) in [5, 5.41) is 0. The molecule has 0 nitrogen and oxygen atoms in total. The van der Waals surface area contributed by atoms with Crippen molar-refractivity contribution in [2.45, 2.75) is 19.3 Å². The summed E-state index contributed by atoms with van der Waals surface area (Å²) in [6.45, 7) is 0. The predicted octanol–water partition coefficient (Wildman–Crippen LogP) is 5.94. The highest BCUT2D eigenvalue weighted by Gasteiger charge is 2.30. The summed E-state index contributed by atoms with van der Waals surface area (Å²) in [5.74, 6) is 0.645. The molecule has 0 saturated carbocycles.